The standard InChI is InChI=1S/C19H20BrFO3/c1-13(22)24-12-19(2,3)15-9-17(21)16(20)10-18(15)23-11-14-7-5-4-6-8-14/h4-10H,11-12H2,1-3H3. The minimum Gasteiger partial charge on any atom is -0.489 e. The van der Waals surface area contributed by atoms with Crippen LogP contribution in [0.25, 0.3) is 0 Å². The average Bonchev–Trinajstić information content (AvgIpc) is 2.54. The van der Waals surface area contributed by atoms with E-state index in [2.05, 4.69) is 15.9 Å². The van der Waals surface area contributed by atoms with E-state index in [1.165, 1.54) is 13.0 Å². The summed E-state index contributed by atoms with van der Waals surface area (Å²) in [7, 11) is 0. The highest BCUT2D eigenvalue weighted by Crippen LogP contribution is 2.36. The predicted molar refractivity (Wildman–Crippen MR) is 94.5 cm³/mol. The van der Waals surface area contributed by atoms with Crippen molar-refractivity contribution in [1.29, 1.82) is 0 Å². The number of rotatable bonds is 6. The lowest BCUT2D eigenvalue weighted by atomic mass is 9.84. The number of hydrogen-bond donors (Lipinski definition) is 0. The van der Waals surface area contributed by atoms with E-state index in [1.807, 2.05) is 44.2 Å². The van der Waals surface area contributed by atoms with Gasteiger partial charge in [-0.15, -0.1) is 0 Å². The van der Waals surface area contributed by atoms with Crippen LogP contribution in [-0.2, 0) is 21.6 Å². The third-order valence-corrected chi connectivity index (χ3v) is 4.23. The first-order valence-electron chi connectivity index (χ1n) is 7.59. The summed E-state index contributed by atoms with van der Waals surface area (Å²) in [5.74, 6) is -0.190. The molecule has 0 aromatic heterocycles. The van der Waals surface area contributed by atoms with Crippen LogP contribution in [0, 0.1) is 5.82 Å². The second-order valence-electron chi connectivity index (χ2n) is 6.20. The van der Waals surface area contributed by atoms with Crippen LogP contribution in [0.15, 0.2) is 46.9 Å². The molecule has 0 heterocycles. The first-order chi connectivity index (χ1) is 11.3. The molecule has 3 nitrogen and oxygen atoms in total. The quantitative estimate of drug-likeness (QED) is 0.646. The molecule has 0 aliphatic heterocycles. The van der Waals surface area contributed by atoms with Gasteiger partial charge in [-0.25, -0.2) is 4.39 Å². The molecule has 0 saturated heterocycles. The first-order valence-corrected chi connectivity index (χ1v) is 8.38. The van der Waals surface area contributed by atoms with Crippen LogP contribution in [0.1, 0.15) is 31.9 Å². The first kappa shape index (κ1) is 18.5. The molecule has 0 bridgehead atoms. The molecule has 0 aliphatic rings. The van der Waals surface area contributed by atoms with E-state index in [4.69, 9.17) is 9.47 Å². The summed E-state index contributed by atoms with van der Waals surface area (Å²) in [5, 5.41) is 0. The SMILES string of the molecule is CC(=O)OCC(C)(C)c1cc(F)c(Br)cc1OCc1ccccc1. The van der Waals surface area contributed by atoms with Gasteiger partial charge in [0.2, 0.25) is 0 Å². The van der Waals surface area contributed by atoms with Crippen LogP contribution in [0.2, 0.25) is 0 Å². The van der Waals surface area contributed by atoms with E-state index < -0.39 is 5.41 Å². The van der Waals surface area contributed by atoms with Crippen molar-refractivity contribution in [3.63, 3.8) is 0 Å². The highest BCUT2D eigenvalue weighted by molar-refractivity contribution is 9.10. The Morgan fingerprint density at radius 2 is 1.88 bits per heavy atom. The predicted octanol–water partition coefficient (Wildman–Crippen LogP) is 5.01. The molecular weight excluding hydrogens is 375 g/mol. The molecular formula is C19H20BrFO3. The Morgan fingerprint density at radius 1 is 1.21 bits per heavy atom. The molecule has 24 heavy (non-hydrogen) atoms. The van der Waals surface area contributed by atoms with E-state index in [0.29, 0.717) is 22.4 Å². The fourth-order valence-electron chi connectivity index (χ4n) is 2.27. The van der Waals surface area contributed by atoms with Crippen molar-refractivity contribution in [3.05, 3.63) is 63.9 Å². The van der Waals surface area contributed by atoms with Gasteiger partial charge in [0.05, 0.1) is 4.47 Å². The fourth-order valence-corrected chi connectivity index (χ4v) is 2.59. The summed E-state index contributed by atoms with van der Waals surface area (Å²) < 4.78 is 25.4. The minimum absolute atomic E-state index is 0.144. The van der Waals surface area contributed by atoms with Crippen LogP contribution in [0.3, 0.4) is 0 Å². The molecule has 0 aliphatic carbocycles. The van der Waals surface area contributed by atoms with Gasteiger partial charge in [-0.05, 0) is 33.6 Å². The minimum atomic E-state index is -0.584. The van der Waals surface area contributed by atoms with Crippen LogP contribution < -0.4 is 4.74 Å². The zero-order chi connectivity index (χ0) is 17.7. The van der Waals surface area contributed by atoms with Gasteiger partial charge in [-0.1, -0.05) is 44.2 Å². The third kappa shape index (κ3) is 4.81. The highest BCUT2D eigenvalue weighted by atomic mass is 79.9. The van der Waals surface area contributed by atoms with Crippen LogP contribution >= 0.6 is 15.9 Å². The number of benzene rings is 2. The van der Waals surface area contributed by atoms with E-state index in [0.717, 1.165) is 5.56 Å². The van der Waals surface area contributed by atoms with E-state index in [1.54, 1.807) is 6.07 Å². The van der Waals surface area contributed by atoms with Crippen LogP contribution in [-0.4, -0.2) is 12.6 Å². The molecule has 0 amide bonds. The zero-order valence-electron chi connectivity index (χ0n) is 13.9. The summed E-state index contributed by atoms with van der Waals surface area (Å²) >= 11 is 3.20. The summed E-state index contributed by atoms with van der Waals surface area (Å²) in [6, 6.07) is 12.8. The molecule has 5 heteroatoms. The molecule has 128 valence electrons. The maximum Gasteiger partial charge on any atom is 0.302 e. The normalized spacial score (nSPS) is 11.2. The zero-order valence-corrected chi connectivity index (χ0v) is 15.5. The van der Waals surface area contributed by atoms with Crippen molar-refractivity contribution in [2.24, 2.45) is 0 Å². The fraction of sp³-hybridized carbons (Fsp3) is 0.316. The van der Waals surface area contributed by atoms with E-state index >= 15 is 0 Å². The smallest absolute Gasteiger partial charge is 0.302 e. The van der Waals surface area contributed by atoms with Crippen molar-refractivity contribution in [2.75, 3.05) is 6.61 Å². The van der Waals surface area contributed by atoms with Crippen LogP contribution in [0.4, 0.5) is 4.39 Å². The molecule has 2 rings (SSSR count). The Morgan fingerprint density at radius 3 is 2.50 bits per heavy atom. The Hall–Kier alpha value is -1.88. The summed E-state index contributed by atoms with van der Waals surface area (Å²) in [6.07, 6.45) is 0. The topological polar surface area (TPSA) is 35.5 Å². The van der Waals surface area contributed by atoms with Gasteiger partial charge < -0.3 is 9.47 Å². The number of carbonyl (C=O) groups excluding carboxylic acids is 1. The molecule has 0 spiro atoms. The van der Waals surface area contributed by atoms with Gasteiger partial charge in [0.15, 0.2) is 0 Å². The number of hydrogen-bond acceptors (Lipinski definition) is 3. The van der Waals surface area contributed by atoms with Gasteiger partial charge >= 0.3 is 5.97 Å². The second-order valence-corrected chi connectivity index (χ2v) is 7.06. The summed E-state index contributed by atoms with van der Waals surface area (Å²) in [4.78, 5) is 11.1. The molecule has 0 radical (unpaired) electrons. The number of carbonyl (C=O) groups is 1. The Labute approximate surface area is 149 Å². The van der Waals surface area contributed by atoms with Crippen molar-refractivity contribution in [1.82, 2.24) is 0 Å². The lowest BCUT2D eigenvalue weighted by Gasteiger charge is -2.27. The van der Waals surface area contributed by atoms with Crippen molar-refractivity contribution in [3.8, 4) is 5.75 Å². The van der Waals surface area contributed by atoms with Gasteiger partial charge in [-0.3, -0.25) is 4.79 Å². The van der Waals surface area contributed by atoms with Gasteiger partial charge in [0, 0.05) is 17.9 Å². The maximum absolute atomic E-state index is 14.0. The molecule has 0 unspecified atom stereocenters. The average molecular weight is 395 g/mol. The second kappa shape index (κ2) is 7.79. The van der Waals surface area contributed by atoms with Gasteiger partial charge in [-0.2, -0.15) is 0 Å². The maximum atomic E-state index is 14.0. The highest BCUT2D eigenvalue weighted by Gasteiger charge is 2.28. The van der Waals surface area contributed by atoms with Gasteiger partial charge in [0.25, 0.3) is 0 Å². The molecule has 0 fully saturated rings. The molecule has 0 N–H and O–H groups in total. The number of halogens is 2. The Kier molecular flexibility index (Phi) is 5.99. The van der Waals surface area contributed by atoms with Gasteiger partial charge in [0.1, 0.15) is 24.8 Å². The Balaban J connectivity index is 2.28. The monoisotopic (exact) mass is 394 g/mol. The molecule has 2 aromatic carbocycles. The number of ether oxygens (including phenoxy) is 2. The van der Waals surface area contributed by atoms with Crippen LogP contribution in [0.5, 0.6) is 5.75 Å². The lowest BCUT2D eigenvalue weighted by Crippen LogP contribution is -2.26. The number of esters is 1. The van der Waals surface area contributed by atoms with E-state index in [-0.39, 0.29) is 18.4 Å². The summed E-state index contributed by atoms with van der Waals surface area (Å²) in [5.41, 5.74) is 1.08. The summed E-state index contributed by atoms with van der Waals surface area (Å²) in [6.45, 7) is 5.63. The molecule has 0 atom stereocenters. The largest absolute Gasteiger partial charge is 0.489 e. The molecule has 2 aromatic rings. The van der Waals surface area contributed by atoms with Crippen molar-refractivity contribution in [2.45, 2.75) is 32.8 Å². The van der Waals surface area contributed by atoms with E-state index in [9.17, 15) is 9.18 Å². The lowest BCUT2D eigenvalue weighted by molar-refractivity contribution is -0.142. The third-order valence-electron chi connectivity index (χ3n) is 3.63. The van der Waals surface area contributed by atoms with Crippen molar-refractivity contribution >= 4 is 21.9 Å². The molecule has 0 saturated carbocycles. The van der Waals surface area contributed by atoms with Crippen molar-refractivity contribution < 1.29 is 18.7 Å². The Bertz CT molecular complexity index is 714.